The molecule has 0 aliphatic carbocycles. The van der Waals surface area contributed by atoms with E-state index < -0.39 is 0 Å². The van der Waals surface area contributed by atoms with Gasteiger partial charge in [0.25, 0.3) is 0 Å². The largest absolute Gasteiger partial charge is 0.426 e. The fourth-order valence-electron chi connectivity index (χ4n) is 2.33. The Hall–Kier alpha value is -1.51. The zero-order chi connectivity index (χ0) is 12.4. The molecule has 2 rings (SSSR count). The van der Waals surface area contributed by atoms with Crippen LogP contribution in [0.5, 0.6) is 5.75 Å². The Balaban J connectivity index is 2.36. The minimum absolute atomic E-state index is 0.123. The predicted molar refractivity (Wildman–Crippen MR) is 68.7 cm³/mol. The second kappa shape index (κ2) is 4.78. The van der Waals surface area contributed by atoms with Crippen molar-refractivity contribution < 1.29 is 9.53 Å². The Morgan fingerprint density at radius 3 is 2.71 bits per heavy atom. The lowest BCUT2D eigenvalue weighted by atomic mass is 9.94. The maximum Gasteiger partial charge on any atom is 0.311 e. The standard InChI is InChI=1S/C14H19NO2/c1-4-15(5-2)11-6-7-12-10(3)8-14(16)17-13(12)9-11/h6-7,9-10H,4-5,8H2,1-3H3. The highest BCUT2D eigenvalue weighted by Crippen LogP contribution is 2.36. The van der Waals surface area contributed by atoms with Gasteiger partial charge in [0, 0.05) is 24.8 Å². The normalized spacial score (nSPS) is 18.5. The summed E-state index contributed by atoms with van der Waals surface area (Å²) >= 11 is 0. The van der Waals surface area contributed by atoms with Crippen molar-refractivity contribution in [2.45, 2.75) is 33.1 Å². The Bertz CT molecular complexity index is 424. The van der Waals surface area contributed by atoms with Gasteiger partial charge in [-0.15, -0.1) is 0 Å². The molecule has 1 aromatic rings. The third kappa shape index (κ3) is 2.28. The van der Waals surface area contributed by atoms with E-state index in [9.17, 15) is 4.79 Å². The minimum Gasteiger partial charge on any atom is -0.426 e. The summed E-state index contributed by atoms with van der Waals surface area (Å²) in [6, 6.07) is 6.18. The molecule has 1 aliphatic heterocycles. The molecule has 92 valence electrons. The number of esters is 1. The van der Waals surface area contributed by atoms with E-state index in [1.54, 1.807) is 0 Å². The van der Waals surface area contributed by atoms with Crippen LogP contribution < -0.4 is 9.64 Å². The lowest BCUT2D eigenvalue weighted by Crippen LogP contribution is -2.23. The number of benzene rings is 1. The molecule has 0 aromatic heterocycles. The van der Waals surface area contributed by atoms with Gasteiger partial charge in [0.15, 0.2) is 0 Å². The number of hydrogen-bond donors (Lipinski definition) is 0. The van der Waals surface area contributed by atoms with Gasteiger partial charge in [-0.1, -0.05) is 13.0 Å². The van der Waals surface area contributed by atoms with Crippen molar-refractivity contribution in [1.82, 2.24) is 0 Å². The predicted octanol–water partition coefficient (Wildman–Crippen LogP) is 2.95. The number of hydrogen-bond acceptors (Lipinski definition) is 3. The van der Waals surface area contributed by atoms with Gasteiger partial charge in [-0.25, -0.2) is 0 Å². The van der Waals surface area contributed by atoms with Gasteiger partial charge < -0.3 is 9.64 Å². The summed E-state index contributed by atoms with van der Waals surface area (Å²) in [6.45, 7) is 8.23. The summed E-state index contributed by atoms with van der Waals surface area (Å²) in [5.41, 5.74) is 2.26. The SMILES string of the molecule is CCN(CC)c1ccc2c(c1)OC(=O)CC2C. The van der Waals surface area contributed by atoms with Crippen molar-refractivity contribution in [2.24, 2.45) is 0 Å². The topological polar surface area (TPSA) is 29.5 Å². The van der Waals surface area contributed by atoms with E-state index in [0.717, 1.165) is 30.1 Å². The molecule has 1 unspecified atom stereocenters. The van der Waals surface area contributed by atoms with Gasteiger partial charge in [-0.2, -0.15) is 0 Å². The van der Waals surface area contributed by atoms with Crippen molar-refractivity contribution in [1.29, 1.82) is 0 Å². The van der Waals surface area contributed by atoms with Crippen molar-refractivity contribution in [3.8, 4) is 5.75 Å². The van der Waals surface area contributed by atoms with Crippen LogP contribution in [0.2, 0.25) is 0 Å². The Morgan fingerprint density at radius 2 is 2.06 bits per heavy atom. The van der Waals surface area contributed by atoms with Crippen LogP contribution in [0.3, 0.4) is 0 Å². The van der Waals surface area contributed by atoms with Crippen LogP contribution in [0.25, 0.3) is 0 Å². The van der Waals surface area contributed by atoms with E-state index in [1.807, 2.05) is 6.07 Å². The first-order chi connectivity index (χ1) is 8.15. The fraction of sp³-hybridized carbons (Fsp3) is 0.500. The maximum atomic E-state index is 11.4. The highest BCUT2D eigenvalue weighted by molar-refractivity contribution is 5.77. The van der Waals surface area contributed by atoms with E-state index in [4.69, 9.17) is 4.74 Å². The Kier molecular flexibility index (Phi) is 3.36. The molecule has 3 heteroatoms. The number of carbonyl (C=O) groups excluding carboxylic acids is 1. The lowest BCUT2D eigenvalue weighted by molar-refractivity contribution is -0.135. The maximum absolute atomic E-state index is 11.4. The first-order valence-electron chi connectivity index (χ1n) is 6.25. The molecule has 0 N–H and O–H groups in total. The van der Waals surface area contributed by atoms with Gasteiger partial charge >= 0.3 is 5.97 Å². The van der Waals surface area contributed by atoms with Crippen molar-refractivity contribution in [2.75, 3.05) is 18.0 Å². The molecule has 3 nitrogen and oxygen atoms in total. The van der Waals surface area contributed by atoms with Crippen molar-refractivity contribution in [3.05, 3.63) is 23.8 Å². The molecular formula is C14H19NO2. The third-order valence-corrected chi connectivity index (χ3v) is 3.35. The summed E-state index contributed by atoms with van der Waals surface area (Å²) in [7, 11) is 0. The smallest absolute Gasteiger partial charge is 0.311 e. The number of carbonyl (C=O) groups is 1. The zero-order valence-corrected chi connectivity index (χ0v) is 10.7. The summed E-state index contributed by atoms with van der Waals surface area (Å²) in [5.74, 6) is 0.872. The number of ether oxygens (including phenoxy) is 1. The molecular weight excluding hydrogens is 214 g/mol. The van der Waals surface area contributed by atoms with E-state index >= 15 is 0 Å². The second-order valence-electron chi connectivity index (χ2n) is 4.47. The van der Waals surface area contributed by atoms with Crippen LogP contribution in [0, 0.1) is 0 Å². The summed E-state index contributed by atoms with van der Waals surface area (Å²) < 4.78 is 5.32. The number of anilines is 1. The van der Waals surface area contributed by atoms with Crippen LogP contribution in [-0.4, -0.2) is 19.1 Å². The molecule has 0 amide bonds. The van der Waals surface area contributed by atoms with Crippen molar-refractivity contribution >= 4 is 11.7 Å². The van der Waals surface area contributed by atoms with Crippen LogP contribution >= 0.6 is 0 Å². The monoisotopic (exact) mass is 233 g/mol. The van der Waals surface area contributed by atoms with Gasteiger partial charge in [-0.05, 0) is 31.4 Å². The molecule has 0 fully saturated rings. The van der Waals surface area contributed by atoms with Crippen molar-refractivity contribution in [3.63, 3.8) is 0 Å². The fourth-order valence-corrected chi connectivity index (χ4v) is 2.33. The average molecular weight is 233 g/mol. The highest BCUT2D eigenvalue weighted by Gasteiger charge is 2.24. The van der Waals surface area contributed by atoms with E-state index in [2.05, 4.69) is 37.8 Å². The molecule has 0 spiro atoms. The van der Waals surface area contributed by atoms with E-state index in [1.165, 1.54) is 0 Å². The molecule has 1 aromatic carbocycles. The van der Waals surface area contributed by atoms with Crippen LogP contribution in [0.15, 0.2) is 18.2 Å². The lowest BCUT2D eigenvalue weighted by Gasteiger charge is -2.26. The van der Waals surface area contributed by atoms with Crippen LogP contribution in [-0.2, 0) is 4.79 Å². The molecule has 17 heavy (non-hydrogen) atoms. The molecule has 1 aliphatic rings. The summed E-state index contributed by atoms with van der Waals surface area (Å²) in [4.78, 5) is 13.7. The number of fused-ring (bicyclic) bond motifs is 1. The third-order valence-electron chi connectivity index (χ3n) is 3.35. The van der Waals surface area contributed by atoms with Gasteiger partial charge in [0.2, 0.25) is 0 Å². The minimum atomic E-state index is -0.123. The second-order valence-corrected chi connectivity index (χ2v) is 4.47. The Morgan fingerprint density at radius 1 is 1.35 bits per heavy atom. The van der Waals surface area contributed by atoms with Crippen LogP contribution in [0.4, 0.5) is 5.69 Å². The van der Waals surface area contributed by atoms with Crippen LogP contribution in [0.1, 0.15) is 38.7 Å². The molecule has 0 saturated carbocycles. The quantitative estimate of drug-likeness (QED) is 0.594. The molecule has 1 atom stereocenters. The first kappa shape index (κ1) is 12.0. The average Bonchev–Trinajstić information content (AvgIpc) is 2.30. The van der Waals surface area contributed by atoms with Gasteiger partial charge in [0.1, 0.15) is 5.75 Å². The van der Waals surface area contributed by atoms with Gasteiger partial charge in [-0.3, -0.25) is 4.79 Å². The number of rotatable bonds is 3. The van der Waals surface area contributed by atoms with E-state index in [-0.39, 0.29) is 11.9 Å². The first-order valence-corrected chi connectivity index (χ1v) is 6.25. The highest BCUT2D eigenvalue weighted by atomic mass is 16.5. The van der Waals surface area contributed by atoms with E-state index in [0.29, 0.717) is 6.42 Å². The number of nitrogens with zero attached hydrogens (tertiary/aromatic N) is 1. The molecule has 1 heterocycles. The summed E-state index contributed by atoms with van der Waals surface area (Å²) in [6.07, 6.45) is 0.484. The van der Waals surface area contributed by atoms with Gasteiger partial charge in [0.05, 0.1) is 6.42 Å². The molecule has 0 radical (unpaired) electrons. The molecule has 0 saturated heterocycles. The molecule has 0 bridgehead atoms. The Labute approximate surface area is 102 Å². The zero-order valence-electron chi connectivity index (χ0n) is 10.7. The summed E-state index contributed by atoms with van der Waals surface area (Å²) in [5, 5.41) is 0.